The van der Waals surface area contributed by atoms with E-state index < -0.39 is 0 Å². The Hall–Kier alpha value is -1.81. The number of rotatable bonds is 3. The minimum atomic E-state index is -0.134. The van der Waals surface area contributed by atoms with Crippen molar-refractivity contribution in [2.24, 2.45) is 0 Å². The van der Waals surface area contributed by atoms with Crippen LogP contribution < -0.4 is 10.1 Å². The van der Waals surface area contributed by atoms with Crippen LogP contribution in [0.15, 0.2) is 28.7 Å². The number of ether oxygens (including phenoxy) is 1. The van der Waals surface area contributed by atoms with Crippen molar-refractivity contribution in [1.29, 1.82) is 0 Å². The fourth-order valence-corrected chi connectivity index (χ4v) is 2.88. The zero-order chi connectivity index (χ0) is 16.4. The number of nitrogens with one attached hydrogen (secondary N) is 1. The monoisotopic (exact) mass is 361 g/mol. The predicted molar refractivity (Wildman–Crippen MR) is 94.0 cm³/mol. The molecule has 0 aliphatic rings. The first-order valence-corrected chi connectivity index (χ1v) is 7.86. The number of benzene rings is 2. The topological polar surface area (TPSA) is 38.3 Å². The lowest BCUT2D eigenvalue weighted by molar-refractivity contribution is 0.102. The normalized spacial score (nSPS) is 10.5. The summed E-state index contributed by atoms with van der Waals surface area (Å²) in [5.41, 5.74) is 5.68. The summed E-state index contributed by atoms with van der Waals surface area (Å²) in [6.45, 7) is 8.02. The van der Waals surface area contributed by atoms with E-state index in [2.05, 4.69) is 21.2 Å². The molecule has 0 aliphatic heterocycles. The van der Waals surface area contributed by atoms with Crippen LogP contribution in [0, 0.1) is 27.7 Å². The van der Waals surface area contributed by atoms with E-state index in [9.17, 15) is 4.79 Å². The molecule has 1 N–H and O–H groups in total. The number of hydrogen-bond donors (Lipinski definition) is 1. The molecule has 0 saturated carbocycles. The lowest BCUT2D eigenvalue weighted by Gasteiger charge is -2.15. The number of carbonyl (C=O) groups is 1. The molecule has 0 radical (unpaired) electrons. The van der Waals surface area contributed by atoms with Crippen molar-refractivity contribution in [2.45, 2.75) is 27.7 Å². The van der Waals surface area contributed by atoms with Crippen LogP contribution in [0.4, 0.5) is 5.69 Å². The van der Waals surface area contributed by atoms with Crippen molar-refractivity contribution in [3.8, 4) is 5.75 Å². The van der Waals surface area contributed by atoms with Gasteiger partial charge in [-0.05, 0) is 68.1 Å². The van der Waals surface area contributed by atoms with Crippen LogP contribution in [0.25, 0.3) is 0 Å². The molecule has 2 aromatic carbocycles. The molecule has 116 valence electrons. The molecule has 2 rings (SSSR count). The Bertz CT molecular complexity index is 738. The summed E-state index contributed by atoms with van der Waals surface area (Å²) in [5, 5.41) is 2.95. The van der Waals surface area contributed by atoms with Gasteiger partial charge in [-0.2, -0.15) is 0 Å². The van der Waals surface area contributed by atoms with Gasteiger partial charge < -0.3 is 10.1 Å². The molecular weight excluding hydrogens is 342 g/mol. The van der Waals surface area contributed by atoms with Crippen LogP contribution in [0.5, 0.6) is 5.75 Å². The third kappa shape index (κ3) is 3.17. The van der Waals surface area contributed by atoms with Gasteiger partial charge in [0.15, 0.2) is 0 Å². The fourth-order valence-electron chi connectivity index (χ4n) is 2.35. The number of carbonyl (C=O) groups excluding carboxylic acids is 1. The summed E-state index contributed by atoms with van der Waals surface area (Å²) in [6.07, 6.45) is 0. The summed E-state index contributed by atoms with van der Waals surface area (Å²) < 4.78 is 6.25. The van der Waals surface area contributed by atoms with Crippen molar-refractivity contribution < 1.29 is 9.53 Å². The molecular formula is C18H20BrNO2. The van der Waals surface area contributed by atoms with E-state index in [1.165, 1.54) is 0 Å². The Morgan fingerprint density at radius 2 is 1.73 bits per heavy atom. The highest BCUT2D eigenvalue weighted by atomic mass is 79.9. The first-order chi connectivity index (χ1) is 10.3. The lowest BCUT2D eigenvalue weighted by Crippen LogP contribution is -2.15. The number of methoxy groups -OCH3 is 1. The molecule has 0 bridgehead atoms. The molecule has 0 fully saturated rings. The summed E-state index contributed by atoms with van der Waals surface area (Å²) in [7, 11) is 1.60. The maximum Gasteiger partial charge on any atom is 0.256 e. The average Bonchev–Trinajstić information content (AvgIpc) is 2.49. The highest BCUT2D eigenvalue weighted by Gasteiger charge is 2.16. The van der Waals surface area contributed by atoms with Crippen LogP contribution in [-0.4, -0.2) is 13.0 Å². The van der Waals surface area contributed by atoms with Gasteiger partial charge in [-0.25, -0.2) is 0 Å². The number of aryl methyl sites for hydroxylation is 1. The van der Waals surface area contributed by atoms with Crippen LogP contribution in [-0.2, 0) is 0 Å². The van der Waals surface area contributed by atoms with Crippen molar-refractivity contribution in [3.05, 3.63) is 56.6 Å². The van der Waals surface area contributed by atoms with Gasteiger partial charge in [0.25, 0.3) is 5.91 Å². The van der Waals surface area contributed by atoms with Gasteiger partial charge in [-0.3, -0.25) is 4.79 Å². The first kappa shape index (κ1) is 16.6. The number of amides is 1. The van der Waals surface area contributed by atoms with Crippen molar-refractivity contribution in [3.63, 3.8) is 0 Å². The van der Waals surface area contributed by atoms with Crippen molar-refractivity contribution in [1.82, 2.24) is 0 Å². The fraction of sp³-hybridized carbons (Fsp3) is 0.278. The van der Waals surface area contributed by atoms with E-state index in [0.717, 1.165) is 26.7 Å². The van der Waals surface area contributed by atoms with E-state index >= 15 is 0 Å². The van der Waals surface area contributed by atoms with Gasteiger partial charge in [0.05, 0.1) is 12.8 Å². The Kier molecular flexibility index (Phi) is 4.91. The molecule has 22 heavy (non-hydrogen) atoms. The summed E-state index contributed by atoms with van der Waals surface area (Å²) >= 11 is 3.52. The summed E-state index contributed by atoms with van der Waals surface area (Å²) in [5.74, 6) is 0.518. The first-order valence-electron chi connectivity index (χ1n) is 7.07. The second-order valence-electron chi connectivity index (χ2n) is 5.44. The molecule has 2 aromatic rings. The Morgan fingerprint density at radius 3 is 2.36 bits per heavy atom. The molecule has 0 spiro atoms. The Labute approximate surface area is 139 Å². The quantitative estimate of drug-likeness (QED) is 0.840. The summed E-state index contributed by atoms with van der Waals surface area (Å²) in [6, 6.07) is 7.58. The second-order valence-corrected chi connectivity index (χ2v) is 6.29. The lowest BCUT2D eigenvalue weighted by atomic mass is 9.98. The van der Waals surface area contributed by atoms with Gasteiger partial charge in [-0.1, -0.05) is 22.0 Å². The molecule has 0 saturated heterocycles. The molecule has 0 heterocycles. The third-order valence-electron chi connectivity index (χ3n) is 4.01. The average molecular weight is 362 g/mol. The minimum absolute atomic E-state index is 0.134. The van der Waals surface area contributed by atoms with E-state index in [1.54, 1.807) is 7.11 Å². The molecule has 4 heteroatoms. The van der Waals surface area contributed by atoms with Gasteiger partial charge in [0.2, 0.25) is 0 Å². The SMILES string of the molecule is COc1ccc(C)cc1NC(=O)c1cc(Br)c(C)c(C)c1C. The van der Waals surface area contributed by atoms with Crippen molar-refractivity contribution >= 4 is 27.5 Å². The standard InChI is InChI=1S/C18H20BrNO2/c1-10-6-7-17(22-5)16(8-10)20-18(21)14-9-15(19)13(4)11(2)12(14)3/h6-9H,1-5H3,(H,20,21). The van der Waals surface area contributed by atoms with Gasteiger partial charge in [0.1, 0.15) is 5.75 Å². The van der Waals surface area contributed by atoms with Gasteiger partial charge in [0, 0.05) is 10.0 Å². The Morgan fingerprint density at radius 1 is 1.05 bits per heavy atom. The largest absolute Gasteiger partial charge is 0.495 e. The predicted octanol–water partition coefficient (Wildman–Crippen LogP) is 4.94. The van der Waals surface area contributed by atoms with E-state index in [-0.39, 0.29) is 5.91 Å². The Balaban J connectivity index is 2.40. The smallest absolute Gasteiger partial charge is 0.256 e. The highest BCUT2D eigenvalue weighted by molar-refractivity contribution is 9.10. The van der Waals surface area contributed by atoms with Gasteiger partial charge in [-0.15, -0.1) is 0 Å². The van der Waals surface area contributed by atoms with Crippen LogP contribution in [0.2, 0.25) is 0 Å². The molecule has 0 aliphatic carbocycles. The van der Waals surface area contributed by atoms with Gasteiger partial charge >= 0.3 is 0 Å². The molecule has 0 aromatic heterocycles. The third-order valence-corrected chi connectivity index (χ3v) is 4.83. The van der Waals surface area contributed by atoms with Crippen LogP contribution in [0.3, 0.4) is 0 Å². The molecule has 0 unspecified atom stereocenters. The molecule has 0 atom stereocenters. The highest BCUT2D eigenvalue weighted by Crippen LogP contribution is 2.29. The maximum atomic E-state index is 12.6. The van der Waals surface area contributed by atoms with Crippen LogP contribution >= 0.6 is 15.9 Å². The zero-order valence-electron chi connectivity index (χ0n) is 13.5. The maximum absolute atomic E-state index is 12.6. The van der Waals surface area contributed by atoms with E-state index in [1.807, 2.05) is 52.0 Å². The van der Waals surface area contributed by atoms with Crippen LogP contribution in [0.1, 0.15) is 32.6 Å². The number of halogens is 1. The van der Waals surface area contributed by atoms with E-state index in [0.29, 0.717) is 17.0 Å². The summed E-state index contributed by atoms with van der Waals surface area (Å²) in [4.78, 5) is 12.6. The number of hydrogen-bond acceptors (Lipinski definition) is 2. The minimum Gasteiger partial charge on any atom is -0.495 e. The number of anilines is 1. The van der Waals surface area contributed by atoms with Crippen molar-refractivity contribution in [2.75, 3.05) is 12.4 Å². The van der Waals surface area contributed by atoms with E-state index in [4.69, 9.17) is 4.74 Å². The second kappa shape index (κ2) is 6.53. The molecule has 1 amide bonds. The zero-order valence-corrected chi connectivity index (χ0v) is 15.1. The molecule has 3 nitrogen and oxygen atoms in total.